The standard InChI is InChI=1S/C15H13N3O6S/c1-10-2-4-12(7-13(10)18(19)20)25(21,22)17-16-8-11-3-5-14-15(6-11)24-9-23-14/h2-8,17H,9H2,1H3/b16-8-. The molecule has 0 fully saturated rings. The van der Waals surface area contributed by atoms with Crippen molar-refractivity contribution in [3.8, 4) is 11.5 Å². The Hall–Kier alpha value is -3.14. The molecule has 0 saturated heterocycles. The Morgan fingerprint density at radius 1 is 1.20 bits per heavy atom. The van der Waals surface area contributed by atoms with Crippen molar-refractivity contribution in [1.82, 2.24) is 4.83 Å². The van der Waals surface area contributed by atoms with Gasteiger partial charge < -0.3 is 9.47 Å². The normalized spacial score (nSPS) is 13.2. The lowest BCUT2D eigenvalue weighted by Crippen LogP contribution is -2.18. The molecule has 0 bridgehead atoms. The van der Waals surface area contributed by atoms with E-state index in [2.05, 4.69) is 5.10 Å². The molecule has 1 aliphatic rings. The zero-order valence-corrected chi connectivity index (χ0v) is 13.8. The third-order valence-corrected chi connectivity index (χ3v) is 4.69. The van der Waals surface area contributed by atoms with Crippen LogP contribution in [0.3, 0.4) is 0 Å². The van der Waals surface area contributed by atoms with E-state index in [-0.39, 0.29) is 17.4 Å². The maximum atomic E-state index is 12.2. The number of ether oxygens (including phenoxy) is 2. The van der Waals surface area contributed by atoms with E-state index in [4.69, 9.17) is 9.47 Å². The van der Waals surface area contributed by atoms with Crippen LogP contribution in [0.1, 0.15) is 11.1 Å². The third-order valence-electron chi connectivity index (χ3n) is 3.47. The molecular weight excluding hydrogens is 350 g/mol. The van der Waals surface area contributed by atoms with Crippen molar-refractivity contribution < 1.29 is 22.8 Å². The molecule has 1 heterocycles. The van der Waals surface area contributed by atoms with Crippen molar-refractivity contribution in [2.75, 3.05) is 6.79 Å². The molecule has 3 rings (SSSR count). The number of nitrogens with zero attached hydrogens (tertiary/aromatic N) is 2. The topological polar surface area (TPSA) is 120 Å². The highest BCUT2D eigenvalue weighted by molar-refractivity contribution is 7.89. The maximum absolute atomic E-state index is 12.2. The zero-order chi connectivity index (χ0) is 18.0. The smallest absolute Gasteiger partial charge is 0.276 e. The molecule has 25 heavy (non-hydrogen) atoms. The van der Waals surface area contributed by atoms with Gasteiger partial charge in [0.1, 0.15) is 0 Å². The fourth-order valence-corrected chi connectivity index (χ4v) is 2.98. The lowest BCUT2D eigenvalue weighted by atomic mass is 10.2. The van der Waals surface area contributed by atoms with Crippen LogP contribution < -0.4 is 14.3 Å². The second kappa shape index (κ2) is 6.40. The molecule has 0 unspecified atom stereocenters. The minimum atomic E-state index is -4.02. The average molecular weight is 363 g/mol. The molecule has 0 atom stereocenters. The van der Waals surface area contributed by atoms with Crippen LogP contribution in [0, 0.1) is 17.0 Å². The van der Waals surface area contributed by atoms with E-state index in [0.29, 0.717) is 22.6 Å². The van der Waals surface area contributed by atoms with Gasteiger partial charge in [0, 0.05) is 11.6 Å². The number of hydrogen-bond donors (Lipinski definition) is 1. The summed E-state index contributed by atoms with van der Waals surface area (Å²) in [5.41, 5.74) is 0.692. The monoisotopic (exact) mass is 363 g/mol. The molecule has 10 heteroatoms. The van der Waals surface area contributed by atoms with E-state index < -0.39 is 14.9 Å². The Labute approximate surface area is 143 Å². The summed E-state index contributed by atoms with van der Waals surface area (Å²) in [6.45, 7) is 1.66. The predicted molar refractivity (Wildman–Crippen MR) is 88.3 cm³/mol. The summed E-state index contributed by atoms with van der Waals surface area (Å²) >= 11 is 0. The number of sulfonamides is 1. The minimum Gasteiger partial charge on any atom is -0.454 e. The van der Waals surface area contributed by atoms with Gasteiger partial charge in [0.15, 0.2) is 11.5 Å². The Balaban J connectivity index is 1.78. The molecule has 0 aliphatic carbocycles. The minimum absolute atomic E-state index is 0.134. The summed E-state index contributed by atoms with van der Waals surface area (Å²) in [5.74, 6) is 1.14. The molecule has 1 N–H and O–H groups in total. The van der Waals surface area contributed by atoms with Crippen molar-refractivity contribution in [2.45, 2.75) is 11.8 Å². The van der Waals surface area contributed by atoms with Gasteiger partial charge in [-0.25, -0.2) is 4.83 Å². The van der Waals surface area contributed by atoms with Gasteiger partial charge in [-0.1, -0.05) is 6.07 Å². The van der Waals surface area contributed by atoms with E-state index in [1.165, 1.54) is 25.3 Å². The lowest BCUT2D eigenvalue weighted by molar-refractivity contribution is -0.385. The molecule has 2 aromatic carbocycles. The van der Waals surface area contributed by atoms with Crippen molar-refractivity contribution in [3.05, 3.63) is 57.6 Å². The maximum Gasteiger partial charge on any atom is 0.276 e. The summed E-state index contributed by atoms with van der Waals surface area (Å²) < 4.78 is 34.8. The number of nitrogens with one attached hydrogen (secondary N) is 1. The van der Waals surface area contributed by atoms with Crippen LogP contribution in [0.2, 0.25) is 0 Å². The first-order valence-corrected chi connectivity index (χ1v) is 8.55. The van der Waals surface area contributed by atoms with Gasteiger partial charge in [0.05, 0.1) is 16.0 Å². The molecule has 0 radical (unpaired) electrons. The van der Waals surface area contributed by atoms with Crippen molar-refractivity contribution in [3.63, 3.8) is 0 Å². The molecule has 0 aromatic heterocycles. The highest BCUT2D eigenvalue weighted by Crippen LogP contribution is 2.32. The van der Waals surface area contributed by atoms with Crippen LogP contribution in [-0.2, 0) is 10.0 Å². The van der Waals surface area contributed by atoms with Crippen LogP contribution in [0.25, 0.3) is 0 Å². The quantitative estimate of drug-likeness (QED) is 0.492. The SMILES string of the molecule is Cc1ccc(S(=O)(=O)N/N=C\c2ccc3c(c2)OCO3)cc1[N+](=O)[O-]. The lowest BCUT2D eigenvalue weighted by Gasteiger charge is -2.04. The summed E-state index contributed by atoms with van der Waals surface area (Å²) in [6, 6.07) is 8.66. The van der Waals surface area contributed by atoms with Crippen LogP contribution in [0.15, 0.2) is 46.4 Å². The van der Waals surface area contributed by atoms with E-state index >= 15 is 0 Å². The van der Waals surface area contributed by atoms with E-state index in [9.17, 15) is 18.5 Å². The molecule has 0 saturated carbocycles. The highest BCUT2D eigenvalue weighted by Gasteiger charge is 2.19. The predicted octanol–water partition coefficient (Wildman–Crippen LogP) is 1.94. The van der Waals surface area contributed by atoms with Crippen LogP contribution in [0.5, 0.6) is 11.5 Å². The number of nitro groups is 1. The summed E-state index contributed by atoms with van der Waals surface area (Å²) in [4.78, 5) is 12.1. The molecular formula is C15H13N3O6S. The Bertz CT molecular complexity index is 971. The molecule has 1 aliphatic heterocycles. The number of hydrazone groups is 1. The van der Waals surface area contributed by atoms with Crippen molar-refractivity contribution >= 4 is 21.9 Å². The van der Waals surface area contributed by atoms with Gasteiger partial charge in [0.2, 0.25) is 6.79 Å². The number of nitro benzene ring substituents is 1. The van der Waals surface area contributed by atoms with Crippen LogP contribution in [-0.4, -0.2) is 26.3 Å². The van der Waals surface area contributed by atoms with Crippen molar-refractivity contribution in [2.24, 2.45) is 5.10 Å². The van der Waals surface area contributed by atoms with Crippen LogP contribution >= 0.6 is 0 Å². The Morgan fingerprint density at radius 3 is 2.72 bits per heavy atom. The van der Waals surface area contributed by atoms with Crippen LogP contribution in [0.4, 0.5) is 5.69 Å². The fourth-order valence-electron chi connectivity index (χ4n) is 2.17. The Kier molecular flexibility index (Phi) is 4.28. The number of benzene rings is 2. The van der Waals surface area contributed by atoms with Crippen molar-refractivity contribution in [1.29, 1.82) is 0 Å². The van der Waals surface area contributed by atoms with E-state index in [0.717, 1.165) is 6.07 Å². The highest BCUT2D eigenvalue weighted by atomic mass is 32.2. The molecule has 0 amide bonds. The summed E-state index contributed by atoms with van der Waals surface area (Å²) in [7, 11) is -4.02. The second-order valence-electron chi connectivity index (χ2n) is 5.17. The van der Waals surface area contributed by atoms with Gasteiger partial charge in [-0.05, 0) is 36.8 Å². The third kappa shape index (κ3) is 3.53. The number of hydrogen-bond acceptors (Lipinski definition) is 7. The first kappa shape index (κ1) is 16.7. The van der Waals surface area contributed by atoms with Gasteiger partial charge in [0.25, 0.3) is 15.7 Å². The van der Waals surface area contributed by atoms with E-state index in [1.807, 2.05) is 4.83 Å². The first-order chi connectivity index (χ1) is 11.9. The number of fused-ring (bicyclic) bond motifs is 1. The zero-order valence-electron chi connectivity index (χ0n) is 13.0. The summed E-state index contributed by atoms with van der Waals surface area (Å²) in [5, 5.41) is 14.6. The Morgan fingerprint density at radius 2 is 1.96 bits per heavy atom. The fraction of sp³-hybridized carbons (Fsp3) is 0.133. The van der Waals surface area contributed by atoms with E-state index in [1.54, 1.807) is 18.2 Å². The number of aryl methyl sites for hydroxylation is 1. The molecule has 2 aromatic rings. The molecule has 9 nitrogen and oxygen atoms in total. The average Bonchev–Trinajstić information content (AvgIpc) is 3.02. The molecule has 130 valence electrons. The molecule has 0 spiro atoms. The van der Waals surface area contributed by atoms with Gasteiger partial charge in [-0.2, -0.15) is 13.5 Å². The van der Waals surface area contributed by atoms with Gasteiger partial charge in [-0.15, -0.1) is 0 Å². The largest absolute Gasteiger partial charge is 0.454 e. The first-order valence-electron chi connectivity index (χ1n) is 7.06. The van der Waals surface area contributed by atoms with Gasteiger partial charge >= 0.3 is 0 Å². The van der Waals surface area contributed by atoms with Gasteiger partial charge in [-0.3, -0.25) is 10.1 Å². The number of rotatable bonds is 5. The summed E-state index contributed by atoms with van der Waals surface area (Å²) in [6.07, 6.45) is 1.29. The second-order valence-corrected chi connectivity index (χ2v) is 6.83.